The Hall–Kier alpha value is -11.3. The average Bonchev–Trinajstić information content (AvgIpc) is 1.61. The number of amides is 9. The summed E-state index contributed by atoms with van der Waals surface area (Å²) >= 11 is 11.5. The molecule has 0 aliphatic carbocycles. The van der Waals surface area contributed by atoms with E-state index in [9.17, 15) is 64.8 Å². The zero-order valence-electron chi connectivity index (χ0n) is 73.0. The Morgan fingerprint density at radius 3 is 1.22 bits per heavy atom. The SMILES string of the molecule is C.CNC(=O)CNC(=O)c1cc2ccccc2cc1OCCCCNC(=O)C(CC1=CS(=O)(=O)c2ccccc21)NC.CNC(=O)CNC(=O)c1cc2ccccc2cc1OCCCCNC(=O)C(Cc1csc2ccccc12)NC.I.II.NC(=O)CNC(=O)c1cc2ccccc2cc1OCCCCNC(=O)C(N)CC1=CS(=O)(=O)c2ccccc21.O=C(OO)c1cccc(Cl)c1. The summed E-state index contributed by atoms with van der Waals surface area (Å²) in [5.74, 6) is -2.67. The lowest BCUT2D eigenvalue weighted by Gasteiger charge is -2.17. The van der Waals surface area contributed by atoms with Gasteiger partial charge in [0.05, 0.1) is 89.6 Å². The zero-order valence-corrected chi connectivity index (χ0v) is 82.9. The van der Waals surface area contributed by atoms with E-state index in [0.717, 1.165) is 38.7 Å². The molecule has 0 spiro atoms. The number of carbonyl (C=O) groups is 10. The summed E-state index contributed by atoms with van der Waals surface area (Å²) in [4.78, 5) is 125. The van der Waals surface area contributed by atoms with Gasteiger partial charge in [-0.1, -0.05) is 152 Å². The number of sulfone groups is 2. The van der Waals surface area contributed by atoms with Crippen LogP contribution in [0.2, 0.25) is 5.02 Å². The van der Waals surface area contributed by atoms with Gasteiger partial charge in [-0.3, -0.25) is 48.0 Å². The lowest BCUT2D eigenvalue weighted by molar-refractivity contribution is -0.182. The summed E-state index contributed by atoms with van der Waals surface area (Å²) in [5, 5.41) is 47.1. The first kappa shape index (κ1) is 110. The Morgan fingerprint density at radius 2 is 0.821 bits per heavy atom. The Labute approximate surface area is 827 Å². The molecule has 0 saturated carbocycles. The normalized spacial score (nSPS) is 12.7. The van der Waals surface area contributed by atoms with Crippen molar-refractivity contribution >= 4 is 217 Å². The number of rotatable bonds is 39. The topological polar surface area (TPSA) is 468 Å². The molecular formula is C96H108ClI3N12O19S3. The Kier molecular flexibility index (Phi) is 45.5. The Balaban J connectivity index is 0.000000255. The predicted molar refractivity (Wildman–Crippen MR) is 551 cm³/mol. The third-order valence-corrected chi connectivity index (χ3v) is 25.2. The lowest BCUT2D eigenvalue weighted by atomic mass is 10.00. The van der Waals surface area contributed by atoms with Crippen LogP contribution in [0.3, 0.4) is 0 Å². The van der Waals surface area contributed by atoms with Crippen molar-refractivity contribution in [2.45, 2.75) is 93.1 Å². The van der Waals surface area contributed by atoms with Gasteiger partial charge in [-0.2, -0.15) is 5.26 Å². The minimum Gasteiger partial charge on any atom is -0.493 e. The summed E-state index contributed by atoms with van der Waals surface area (Å²) in [6.07, 6.45) is 4.84. The van der Waals surface area contributed by atoms with E-state index in [1.165, 1.54) is 58.8 Å². The molecule has 712 valence electrons. The summed E-state index contributed by atoms with van der Waals surface area (Å²) in [7, 11) is -0.515. The fourth-order valence-corrected chi connectivity index (χ4v) is 18.1. The maximum atomic E-state index is 12.8. The summed E-state index contributed by atoms with van der Waals surface area (Å²) in [6.45, 7) is 1.75. The molecule has 3 heterocycles. The maximum Gasteiger partial charge on any atom is 0.372 e. The van der Waals surface area contributed by atoms with E-state index >= 15 is 0 Å². The van der Waals surface area contributed by atoms with Crippen LogP contribution in [0.15, 0.2) is 232 Å². The van der Waals surface area contributed by atoms with Crippen LogP contribution < -0.4 is 78.8 Å². The number of primary amides is 1. The molecule has 38 heteroatoms. The smallest absolute Gasteiger partial charge is 0.372 e. The molecule has 11 aromatic rings. The minimum atomic E-state index is -3.51. The molecule has 0 radical (unpaired) electrons. The van der Waals surface area contributed by atoms with Gasteiger partial charge >= 0.3 is 5.97 Å². The largest absolute Gasteiger partial charge is 0.493 e. The fraction of sp³-hybridized carbons (Fsp3) is 0.271. The van der Waals surface area contributed by atoms with E-state index < -0.39 is 55.4 Å². The Morgan fingerprint density at radius 1 is 0.448 bits per heavy atom. The number of halogens is 4. The monoisotopic (exact) mass is 2240 g/mol. The van der Waals surface area contributed by atoms with Crippen molar-refractivity contribution in [2.24, 2.45) is 11.5 Å². The third kappa shape index (κ3) is 32.2. The highest BCUT2D eigenvalue weighted by molar-refractivity contribution is 15.0. The van der Waals surface area contributed by atoms with Crippen molar-refractivity contribution in [1.82, 2.24) is 53.2 Å². The number of ether oxygens (including phenoxy) is 3. The molecule has 9 amide bonds. The van der Waals surface area contributed by atoms with Crippen molar-refractivity contribution in [3.63, 3.8) is 0 Å². The van der Waals surface area contributed by atoms with E-state index in [-0.39, 0.29) is 127 Å². The summed E-state index contributed by atoms with van der Waals surface area (Å²) in [5.41, 5.74) is 15.9. The molecule has 0 bridgehead atoms. The fourth-order valence-electron chi connectivity index (χ4n) is 13.9. The van der Waals surface area contributed by atoms with Crippen LogP contribution >= 0.6 is 84.1 Å². The van der Waals surface area contributed by atoms with Gasteiger partial charge in [0.1, 0.15) is 17.2 Å². The van der Waals surface area contributed by atoms with Gasteiger partial charge in [0.2, 0.25) is 55.1 Å². The second kappa shape index (κ2) is 55.6. The van der Waals surface area contributed by atoms with Gasteiger partial charge < -0.3 is 78.8 Å². The van der Waals surface area contributed by atoms with Gasteiger partial charge in [0.25, 0.3) is 17.7 Å². The number of hydrogen-bond donors (Lipinski definition) is 13. The van der Waals surface area contributed by atoms with E-state index in [0.29, 0.717) is 133 Å². The van der Waals surface area contributed by atoms with Crippen LogP contribution in [-0.4, -0.2) is 187 Å². The number of carbonyl (C=O) groups excluding carboxylic acids is 10. The van der Waals surface area contributed by atoms with Crippen LogP contribution in [0.5, 0.6) is 17.2 Å². The second-order valence-corrected chi connectivity index (χ2v) is 34.8. The first-order chi connectivity index (χ1) is 63.6. The molecule has 1 aromatic heterocycles. The standard InChI is InChI=1S/C30H34N4O6S.C30H34N4O4S.C28H30N4O6S.C7H5ClO3.CH4.I2.HI/c1-31-25(16-22-19-41(38,39)27-12-6-5-11-23(22)27)30(37)33-13-7-8-14-40-26-17-21-10-4-3-9-20(21)15-24(26)29(36)34-18-28(35)32-2;1-31-25(16-22-19-39-27-12-6-5-11-23(22)27)30(37)33-13-7-8-14-38-26-17-21-10-4-3-9-20(21)15-24(26)29(36)34-18-28(35)32-2;29-23(14-20-17-39(36,37)25-10-4-3-9-21(20)25)28(35)31-11-5-6-12-38-24-15-19-8-2-1-7-18(19)13-22(24)27(34)32-16-26(30)33;8-6-3-1-2-5(4-6)7(9)11-10;;1-2;/h3-6,9-12,15,17,19,25,31H,7-8,13-14,16,18H2,1-2H3,(H,32,35)(H,33,37)(H,34,36);3-6,9-12,15,17,19,25,31H,7-8,13-14,16,18H2,1-2H3,(H,32,35)(H,33,37)(H,34,36);1-4,7-10,13,15,17,23H,5-6,11-12,14,16,29H2,(H2,30,33)(H,31,35)(H,32,34);1-4,10H;1H4;;1H. The highest BCUT2D eigenvalue weighted by atomic mass is 128. The van der Waals surface area contributed by atoms with Crippen LogP contribution in [0.1, 0.15) is 117 Å². The molecule has 2 aliphatic heterocycles. The minimum absolute atomic E-state index is 0. The number of nitrogens with two attached hydrogens (primary N) is 2. The predicted octanol–water partition coefficient (Wildman–Crippen LogP) is 12.9. The van der Waals surface area contributed by atoms with E-state index in [1.807, 2.05) is 91.0 Å². The molecule has 3 atom stereocenters. The molecule has 31 nitrogen and oxygen atoms in total. The molecule has 0 fully saturated rings. The first-order valence-electron chi connectivity index (χ1n) is 41.9. The number of likely N-dealkylation sites (N-methyl/N-ethyl adjacent to an activating group) is 4. The van der Waals surface area contributed by atoms with Gasteiger partial charge in [0.15, 0.2) is 0 Å². The lowest BCUT2D eigenvalue weighted by Crippen LogP contribution is -2.44. The Bertz CT molecular complexity index is 6270. The zero-order chi connectivity index (χ0) is 95.3. The summed E-state index contributed by atoms with van der Waals surface area (Å²) in [6, 6.07) is 59.5. The number of hydrogen-bond acceptors (Lipinski definition) is 23. The van der Waals surface area contributed by atoms with E-state index in [1.54, 1.807) is 110 Å². The molecular weight excluding hydrogens is 2140 g/mol. The van der Waals surface area contributed by atoms with Crippen LogP contribution in [0, 0.1) is 0 Å². The summed E-state index contributed by atoms with van der Waals surface area (Å²) < 4.78 is 68.5. The first-order valence-corrected chi connectivity index (χ1v) is 52.5. The molecule has 10 aromatic carbocycles. The third-order valence-electron chi connectivity index (χ3n) is 20.8. The van der Waals surface area contributed by atoms with Crippen LogP contribution in [0.25, 0.3) is 53.5 Å². The average molecular weight is 2250 g/mol. The second-order valence-electron chi connectivity index (χ2n) is 29.9. The molecule has 134 heavy (non-hydrogen) atoms. The van der Waals surface area contributed by atoms with Crippen molar-refractivity contribution in [2.75, 3.05) is 87.3 Å². The number of benzene rings is 10. The number of fused-ring (bicyclic) bond motifs is 6. The molecule has 2 aliphatic rings. The van der Waals surface area contributed by atoms with Gasteiger partial charge in [0, 0.05) is 91.5 Å². The van der Waals surface area contributed by atoms with Crippen LogP contribution in [-0.2, 0) is 59.8 Å². The maximum absolute atomic E-state index is 12.8. The highest BCUT2D eigenvalue weighted by Crippen LogP contribution is 2.38. The number of nitrogens with one attached hydrogen (secondary N) is 10. The van der Waals surface area contributed by atoms with Crippen molar-refractivity contribution in [3.8, 4) is 17.2 Å². The van der Waals surface area contributed by atoms with Crippen molar-refractivity contribution in [3.05, 3.63) is 266 Å². The molecule has 0 saturated heterocycles. The number of unbranched alkanes of at least 4 members (excludes halogenated alkanes) is 3. The van der Waals surface area contributed by atoms with Gasteiger partial charge in [-0.05, 0) is 216 Å². The molecule has 15 N–H and O–H groups in total. The highest BCUT2D eigenvalue weighted by Gasteiger charge is 2.32. The quantitative estimate of drug-likeness (QED) is 0.00736. The molecule has 13 rings (SSSR count). The van der Waals surface area contributed by atoms with Crippen molar-refractivity contribution in [1.29, 1.82) is 0 Å². The number of thiophene rings is 1. The van der Waals surface area contributed by atoms with Gasteiger partial charge in [-0.25, -0.2) is 21.6 Å². The van der Waals surface area contributed by atoms with E-state index in [4.69, 9.17) is 42.5 Å². The molecule has 3 unspecified atom stereocenters. The van der Waals surface area contributed by atoms with E-state index in [2.05, 4.69) is 113 Å². The van der Waals surface area contributed by atoms with Crippen LogP contribution in [0.4, 0.5) is 0 Å². The van der Waals surface area contributed by atoms with Crippen molar-refractivity contribution < 1.29 is 89.1 Å². The van der Waals surface area contributed by atoms with Gasteiger partial charge in [-0.15, -0.1) is 35.3 Å².